The van der Waals surface area contributed by atoms with Crippen molar-refractivity contribution in [2.45, 2.75) is 6.04 Å². The van der Waals surface area contributed by atoms with Crippen LogP contribution in [-0.4, -0.2) is 11.8 Å². The number of halogens is 1. The average molecular weight is 314 g/mol. The molecule has 2 aromatic carbocycles. The van der Waals surface area contributed by atoms with Crippen molar-refractivity contribution in [1.29, 1.82) is 5.26 Å². The zero-order valence-corrected chi connectivity index (χ0v) is 12.2. The van der Waals surface area contributed by atoms with Gasteiger partial charge in [-0.3, -0.25) is 9.59 Å². The van der Waals surface area contributed by atoms with E-state index >= 15 is 0 Å². The number of nitrogens with zero attached hydrogens (tertiary/aromatic N) is 1. The molecule has 0 aliphatic carbocycles. The summed E-state index contributed by atoms with van der Waals surface area (Å²) in [6.07, 6.45) is 0. The molecule has 6 heteroatoms. The highest BCUT2D eigenvalue weighted by atomic mass is 35.5. The van der Waals surface area contributed by atoms with Gasteiger partial charge in [0, 0.05) is 16.1 Å². The maximum Gasteiger partial charge on any atom is 0.252 e. The van der Waals surface area contributed by atoms with Gasteiger partial charge in [0.15, 0.2) is 0 Å². The van der Waals surface area contributed by atoms with Crippen molar-refractivity contribution in [3.8, 4) is 6.07 Å². The summed E-state index contributed by atoms with van der Waals surface area (Å²) in [6, 6.07) is 13.8. The molecule has 2 rings (SSSR count). The lowest BCUT2D eigenvalue weighted by atomic mass is 10.1. The molecule has 0 bridgehead atoms. The van der Waals surface area contributed by atoms with Crippen LogP contribution in [0.2, 0.25) is 5.02 Å². The number of amides is 2. The fourth-order valence-electron chi connectivity index (χ4n) is 1.90. The van der Waals surface area contributed by atoms with E-state index in [0.717, 1.165) is 0 Å². The Bertz CT molecular complexity index is 768. The van der Waals surface area contributed by atoms with Crippen LogP contribution in [0.5, 0.6) is 0 Å². The minimum absolute atomic E-state index is 0.226. The quantitative estimate of drug-likeness (QED) is 0.907. The van der Waals surface area contributed by atoms with Crippen molar-refractivity contribution in [1.82, 2.24) is 5.32 Å². The van der Waals surface area contributed by atoms with Gasteiger partial charge in [-0.15, -0.1) is 0 Å². The predicted octanol–water partition coefficient (Wildman–Crippen LogP) is 2.43. The van der Waals surface area contributed by atoms with Gasteiger partial charge in [0.2, 0.25) is 5.91 Å². The highest BCUT2D eigenvalue weighted by Gasteiger charge is 2.16. The number of carbonyl (C=O) groups is 2. The van der Waals surface area contributed by atoms with E-state index in [2.05, 4.69) is 5.32 Å². The average Bonchev–Trinajstić information content (AvgIpc) is 2.52. The number of hydrogen-bond acceptors (Lipinski definition) is 3. The fraction of sp³-hybridized carbons (Fsp3) is 0.0625. The first-order chi connectivity index (χ1) is 10.5. The van der Waals surface area contributed by atoms with E-state index in [1.165, 1.54) is 18.2 Å². The molecule has 0 spiro atoms. The Morgan fingerprint density at radius 2 is 1.82 bits per heavy atom. The molecule has 0 fully saturated rings. The summed E-state index contributed by atoms with van der Waals surface area (Å²) < 4.78 is 0. The molecular formula is C16H12ClN3O2. The van der Waals surface area contributed by atoms with E-state index < -0.39 is 17.9 Å². The SMILES string of the molecule is N#C[C@@H](NC(=O)c1cccc(C(N)=O)c1)c1cccc(Cl)c1. The van der Waals surface area contributed by atoms with Crippen LogP contribution in [0.3, 0.4) is 0 Å². The minimum Gasteiger partial charge on any atom is -0.366 e. The van der Waals surface area contributed by atoms with Crippen molar-refractivity contribution < 1.29 is 9.59 Å². The molecule has 3 N–H and O–H groups in total. The Morgan fingerprint density at radius 3 is 2.45 bits per heavy atom. The van der Waals surface area contributed by atoms with Crippen molar-refractivity contribution in [3.63, 3.8) is 0 Å². The third kappa shape index (κ3) is 3.62. The predicted molar refractivity (Wildman–Crippen MR) is 82.2 cm³/mol. The summed E-state index contributed by atoms with van der Waals surface area (Å²) in [5.74, 6) is -1.10. The van der Waals surface area contributed by atoms with Gasteiger partial charge in [0.05, 0.1) is 6.07 Å². The van der Waals surface area contributed by atoms with E-state index in [-0.39, 0.29) is 11.1 Å². The topological polar surface area (TPSA) is 96.0 Å². The fourth-order valence-corrected chi connectivity index (χ4v) is 2.10. The van der Waals surface area contributed by atoms with Gasteiger partial charge in [-0.25, -0.2) is 0 Å². The molecule has 2 amide bonds. The number of nitrogens with two attached hydrogens (primary N) is 1. The van der Waals surface area contributed by atoms with Crippen LogP contribution >= 0.6 is 11.6 Å². The highest BCUT2D eigenvalue weighted by molar-refractivity contribution is 6.30. The first kappa shape index (κ1) is 15.5. The standard InChI is InChI=1S/C16H12ClN3O2/c17-13-6-2-3-10(8-13)14(9-18)20-16(22)12-5-1-4-11(7-12)15(19)21/h1-8,14H,(H2,19,21)(H,20,22)/t14-/m1/s1. The summed E-state index contributed by atoms with van der Waals surface area (Å²) in [7, 11) is 0. The number of nitrogens with one attached hydrogen (secondary N) is 1. The third-order valence-corrected chi connectivity index (χ3v) is 3.23. The molecule has 110 valence electrons. The Kier molecular flexibility index (Phi) is 4.77. The lowest BCUT2D eigenvalue weighted by molar-refractivity contribution is 0.0945. The second-order valence-corrected chi connectivity index (χ2v) is 4.97. The second-order valence-electron chi connectivity index (χ2n) is 4.54. The summed E-state index contributed by atoms with van der Waals surface area (Å²) in [5, 5.41) is 12.3. The molecular weight excluding hydrogens is 302 g/mol. The number of rotatable bonds is 4. The minimum atomic E-state index is -0.844. The number of hydrogen-bond donors (Lipinski definition) is 2. The first-order valence-corrected chi connectivity index (χ1v) is 6.75. The number of nitriles is 1. The van der Waals surface area contributed by atoms with Gasteiger partial charge in [0.25, 0.3) is 5.91 Å². The Morgan fingerprint density at radius 1 is 1.14 bits per heavy atom. The van der Waals surface area contributed by atoms with Crippen LogP contribution in [-0.2, 0) is 0 Å². The van der Waals surface area contributed by atoms with Gasteiger partial charge in [-0.1, -0.05) is 29.8 Å². The molecule has 0 unspecified atom stereocenters. The maximum atomic E-state index is 12.2. The van der Waals surface area contributed by atoms with Gasteiger partial charge < -0.3 is 11.1 Å². The van der Waals surface area contributed by atoms with E-state index in [9.17, 15) is 14.9 Å². The molecule has 0 radical (unpaired) electrons. The van der Waals surface area contributed by atoms with Crippen molar-refractivity contribution in [2.75, 3.05) is 0 Å². The van der Waals surface area contributed by atoms with Gasteiger partial charge in [0.1, 0.15) is 6.04 Å². The van der Waals surface area contributed by atoms with Crippen LogP contribution in [0.4, 0.5) is 0 Å². The molecule has 2 aromatic rings. The largest absolute Gasteiger partial charge is 0.366 e. The summed E-state index contributed by atoms with van der Waals surface area (Å²) in [4.78, 5) is 23.3. The summed E-state index contributed by atoms with van der Waals surface area (Å²) in [5.41, 5.74) is 6.23. The van der Waals surface area contributed by atoms with Crippen LogP contribution in [0.15, 0.2) is 48.5 Å². The molecule has 0 aliphatic heterocycles. The third-order valence-electron chi connectivity index (χ3n) is 3.00. The van der Waals surface area contributed by atoms with Crippen LogP contribution in [0.25, 0.3) is 0 Å². The maximum absolute atomic E-state index is 12.2. The molecule has 0 aromatic heterocycles. The normalized spacial score (nSPS) is 11.3. The lowest BCUT2D eigenvalue weighted by Crippen LogP contribution is -2.28. The van der Waals surface area contributed by atoms with Crippen molar-refractivity contribution in [2.24, 2.45) is 5.73 Å². The molecule has 0 aliphatic rings. The molecule has 1 atom stereocenters. The Labute approximate surface area is 132 Å². The zero-order chi connectivity index (χ0) is 16.1. The van der Waals surface area contributed by atoms with Gasteiger partial charge >= 0.3 is 0 Å². The van der Waals surface area contributed by atoms with Crippen LogP contribution in [0.1, 0.15) is 32.3 Å². The molecule has 5 nitrogen and oxygen atoms in total. The number of primary amides is 1. The number of benzene rings is 2. The lowest BCUT2D eigenvalue weighted by Gasteiger charge is -2.12. The van der Waals surface area contributed by atoms with Crippen LogP contribution < -0.4 is 11.1 Å². The first-order valence-electron chi connectivity index (χ1n) is 6.37. The highest BCUT2D eigenvalue weighted by Crippen LogP contribution is 2.18. The smallest absolute Gasteiger partial charge is 0.252 e. The van der Waals surface area contributed by atoms with Gasteiger partial charge in [-0.2, -0.15) is 5.26 Å². The van der Waals surface area contributed by atoms with Crippen LogP contribution in [0, 0.1) is 11.3 Å². The summed E-state index contributed by atoms with van der Waals surface area (Å²) >= 11 is 5.88. The molecule has 0 saturated heterocycles. The monoisotopic (exact) mass is 313 g/mol. The van der Waals surface area contributed by atoms with E-state index in [4.69, 9.17) is 17.3 Å². The van der Waals surface area contributed by atoms with Crippen molar-refractivity contribution >= 4 is 23.4 Å². The zero-order valence-electron chi connectivity index (χ0n) is 11.4. The second kappa shape index (κ2) is 6.74. The molecule has 0 saturated carbocycles. The van der Waals surface area contributed by atoms with E-state index in [0.29, 0.717) is 10.6 Å². The van der Waals surface area contributed by atoms with E-state index in [1.807, 2.05) is 6.07 Å². The summed E-state index contributed by atoms with van der Waals surface area (Å²) in [6.45, 7) is 0. The number of carbonyl (C=O) groups excluding carboxylic acids is 2. The Balaban J connectivity index is 2.21. The molecule has 0 heterocycles. The van der Waals surface area contributed by atoms with Gasteiger partial charge in [-0.05, 0) is 35.9 Å². The van der Waals surface area contributed by atoms with E-state index in [1.54, 1.807) is 30.3 Å². The van der Waals surface area contributed by atoms with Crippen molar-refractivity contribution in [3.05, 3.63) is 70.2 Å². The molecule has 22 heavy (non-hydrogen) atoms. The Hall–Kier alpha value is -2.84.